The van der Waals surface area contributed by atoms with Crippen molar-refractivity contribution in [3.05, 3.63) is 83.9 Å². The van der Waals surface area contributed by atoms with E-state index in [9.17, 15) is 4.39 Å². The molecule has 0 aliphatic rings. The van der Waals surface area contributed by atoms with Crippen molar-refractivity contribution in [1.29, 1.82) is 0 Å². The first-order chi connectivity index (χ1) is 13.1. The van der Waals surface area contributed by atoms with Gasteiger partial charge in [-0.1, -0.05) is 50.2 Å². The zero-order valence-electron chi connectivity index (χ0n) is 15.4. The van der Waals surface area contributed by atoms with Crippen LogP contribution in [0.25, 0.3) is 17.0 Å². The van der Waals surface area contributed by atoms with Gasteiger partial charge in [-0.05, 0) is 35.2 Å². The molecule has 0 saturated carbocycles. The van der Waals surface area contributed by atoms with Crippen molar-refractivity contribution in [1.82, 2.24) is 14.4 Å². The van der Waals surface area contributed by atoms with E-state index in [-0.39, 0.29) is 5.82 Å². The number of nitrogens with zero attached hydrogens (tertiary/aromatic N) is 3. The molecule has 0 aliphatic heterocycles. The molecule has 0 spiro atoms. The molecule has 0 aliphatic carbocycles. The predicted molar refractivity (Wildman–Crippen MR) is 106 cm³/mol. The molecule has 5 heteroatoms. The van der Waals surface area contributed by atoms with Gasteiger partial charge in [-0.25, -0.2) is 14.4 Å². The number of benzene rings is 2. The van der Waals surface area contributed by atoms with Gasteiger partial charge in [0.25, 0.3) is 0 Å². The Hall–Kier alpha value is -3.21. The van der Waals surface area contributed by atoms with Gasteiger partial charge in [0.1, 0.15) is 17.3 Å². The predicted octanol–water partition coefficient (Wildman–Crippen LogP) is 5.27. The standard InChI is InChI=1S/C22H21FN4/c1-15(2)17-6-8-18(9-7-17)20-21(27-13-3-12-24-22(27)26-20)25-14-16-4-10-19(23)11-5-16/h3-13,15,25H,14H2,1-2H3. The van der Waals surface area contributed by atoms with Crippen LogP contribution in [0.1, 0.15) is 30.9 Å². The molecule has 2 aromatic heterocycles. The monoisotopic (exact) mass is 360 g/mol. The van der Waals surface area contributed by atoms with Crippen LogP contribution < -0.4 is 5.32 Å². The number of aromatic nitrogens is 3. The third-order valence-electron chi connectivity index (χ3n) is 4.63. The summed E-state index contributed by atoms with van der Waals surface area (Å²) < 4.78 is 15.1. The minimum absolute atomic E-state index is 0.233. The number of fused-ring (bicyclic) bond motifs is 1. The summed E-state index contributed by atoms with van der Waals surface area (Å²) in [7, 11) is 0. The van der Waals surface area contributed by atoms with E-state index in [0.29, 0.717) is 18.2 Å². The lowest BCUT2D eigenvalue weighted by molar-refractivity contribution is 0.627. The summed E-state index contributed by atoms with van der Waals surface area (Å²) in [6, 6.07) is 16.9. The molecule has 0 radical (unpaired) electrons. The van der Waals surface area contributed by atoms with Gasteiger partial charge in [0.2, 0.25) is 5.78 Å². The van der Waals surface area contributed by atoms with Crippen LogP contribution in [-0.4, -0.2) is 14.4 Å². The Labute approximate surface area is 157 Å². The first-order valence-electron chi connectivity index (χ1n) is 9.03. The van der Waals surface area contributed by atoms with Gasteiger partial charge in [0.15, 0.2) is 0 Å². The van der Waals surface area contributed by atoms with Crippen LogP contribution >= 0.6 is 0 Å². The number of halogens is 1. The second kappa shape index (κ2) is 7.19. The molecule has 1 N–H and O–H groups in total. The SMILES string of the molecule is CC(C)c1ccc(-c2nc3ncccn3c2NCc2ccc(F)cc2)cc1. The van der Waals surface area contributed by atoms with Gasteiger partial charge in [-0.15, -0.1) is 0 Å². The highest BCUT2D eigenvalue weighted by Gasteiger charge is 2.15. The summed E-state index contributed by atoms with van der Waals surface area (Å²) in [5.41, 5.74) is 4.18. The van der Waals surface area contributed by atoms with Crippen molar-refractivity contribution in [3.8, 4) is 11.3 Å². The van der Waals surface area contributed by atoms with Gasteiger partial charge in [0.05, 0.1) is 0 Å². The fraction of sp³-hybridized carbons (Fsp3) is 0.182. The first-order valence-corrected chi connectivity index (χ1v) is 9.03. The van der Waals surface area contributed by atoms with Crippen molar-refractivity contribution in [2.75, 3.05) is 5.32 Å². The summed E-state index contributed by atoms with van der Waals surface area (Å²) in [6.07, 6.45) is 3.67. The van der Waals surface area contributed by atoms with Crippen molar-refractivity contribution in [3.63, 3.8) is 0 Å². The van der Waals surface area contributed by atoms with Gasteiger partial charge >= 0.3 is 0 Å². The summed E-state index contributed by atoms with van der Waals surface area (Å²) >= 11 is 0. The second-order valence-corrected chi connectivity index (χ2v) is 6.86. The molecule has 0 bridgehead atoms. The Balaban J connectivity index is 1.71. The van der Waals surface area contributed by atoms with Crippen LogP contribution in [0.4, 0.5) is 10.2 Å². The van der Waals surface area contributed by atoms with Crippen LogP contribution in [0, 0.1) is 5.82 Å². The smallest absolute Gasteiger partial charge is 0.235 e. The van der Waals surface area contributed by atoms with E-state index >= 15 is 0 Å². The maximum absolute atomic E-state index is 13.1. The number of anilines is 1. The maximum Gasteiger partial charge on any atom is 0.235 e. The Morgan fingerprint density at radius 1 is 1.04 bits per heavy atom. The molecule has 2 heterocycles. The molecule has 0 fully saturated rings. The average molecular weight is 360 g/mol. The van der Waals surface area contributed by atoms with Crippen molar-refractivity contribution >= 4 is 11.6 Å². The zero-order chi connectivity index (χ0) is 18.8. The highest BCUT2D eigenvalue weighted by atomic mass is 19.1. The Morgan fingerprint density at radius 2 is 1.78 bits per heavy atom. The van der Waals surface area contributed by atoms with Crippen molar-refractivity contribution in [2.45, 2.75) is 26.3 Å². The number of imidazole rings is 1. The van der Waals surface area contributed by atoms with E-state index in [1.807, 2.05) is 16.7 Å². The maximum atomic E-state index is 13.1. The topological polar surface area (TPSA) is 42.2 Å². The second-order valence-electron chi connectivity index (χ2n) is 6.86. The fourth-order valence-electron chi connectivity index (χ4n) is 3.07. The summed E-state index contributed by atoms with van der Waals surface area (Å²) in [5.74, 6) is 1.77. The lowest BCUT2D eigenvalue weighted by Gasteiger charge is -2.10. The Bertz CT molecular complexity index is 1050. The molecule has 0 amide bonds. The van der Waals surface area contributed by atoms with E-state index in [0.717, 1.165) is 22.6 Å². The molecule has 0 unspecified atom stereocenters. The van der Waals surface area contributed by atoms with Crippen LogP contribution in [0.3, 0.4) is 0 Å². The molecular weight excluding hydrogens is 339 g/mol. The van der Waals surface area contributed by atoms with Gasteiger partial charge < -0.3 is 5.32 Å². The summed E-state index contributed by atoms with van der Waals surface area (Å²) in [4.78, 5) is 9.08. The molecule has 4 aromatic rings. The van der Waals surface area contributed by atoms with Gasteiger partial charge in [-0.3, -0.25) is 4.40 Å². The third-order valence-corrected chi connectivity index (χ3v) is 4.63. The van der Waals surface area contributed by atoms with E-state index in [4.69, 9.17) is 4.98 Å². The van der Waals surface area contributed by atoms with Gasteiger partial charge in [-0.2, -0.15) is 0 Å². The molecule has 0 atom stereocenters. The number of hydrogen-bond acceptors (Lipinski definition) is 3. The molecule has 2 aromatic carbocycles. The lowest BCUT2D eigenvalue weighted by atomic mass is 10.0. The third kappa shape index (κ3) is 3.53. The van der Waals surface area contributed by atoms with Crippen molar-refractivity contribution in [2.24, 2.45) is 0 Å². The van der Waals surface area contributed by atoms with Crippen molar-refractivity contribution < 1.29 is 4.39 Å². The first kappa shape index (κ1) is 17.2. The largest absolute Gasteiger partial charge is 0.365 e. The van der Waals surface area contributed by atoms with E-state index in [2.05, 4.69) is 48.4 Å². The Morgan fingerprint density at radius 3 is 2.48 bits per heavy atom. The van der Waals surface area contributed by atoms with E-state index in [1.165, 1.54) is 17.7 Å². The molecule has 27 heavy (non-hydrogen) atoms. The highest BCUT2D eigenvalue weighted by molar-refractivity contribution is 5.75. The number of rotatable bonds is 5. The van der Waals surface area contributed by atoms with Crippen LogP contribution in [0.5, 0.6) is 0 Å². The van der Waals surface area contributed by atoms with Gasteiger partial charge in [0, 0.05) is 24.5 Å². The normalized spacial score (nSPS) is 11.3. The molecule has 0 saturated heterocycles. The average Bonchev–Trinajstić information content (AvgIpc) is 3.06. The van der Waals surface area contributed by atoms with E-state index < -0.39 is 0 Å². The number of hydrogen-bond donors (Lipinski definition) is 1. The van der Waals surface area contributed by atoms with Crippen LogP contribution in [0.2, 0.25) is 0 Å². The zero-order valence-corrected chi connectivity index (χ0v) is 15.4. The fourth-order valence-corrected chi connectivity index (χ4v) is 3.07. The summed E-state index contributed by atoms with van der Waals surface area (Å²) in [5, 5.41) is 3.45. The Kier molecular flexibility index (Phi) is 4.59. The quantitative estimate of drug-likeness (QED) is 0.527. The van der Waals surface area contributed by atoms with Crippen LogP contribution in [0.15, 0.2) is 67.0 Å². The van der Waals surface area contributed by atoms with Crippen LogP contribution in [-0.2, 0) is 6.54 Å². The molecular formula is C22H21FN4. The highest BCUT2D eigenvalue weighted by Crippen LogP contribution is 2.29. The lowest BCUT2D eigenvalue weighted by Crippen LogP contribution is -2.03. The molecule has 4 rings (SSSR count). The summed E-state index contributed by atoms with van der Waals surface area (Å²) in [6.45, 7) is 4.93. The van der Waals surface area contributed by atoms with E-state index in [1.54, 1.807) is 18.3 Å². The molecule has 136 valence electrons. The minimum Gasteiger partial charge on any atom is -0.365 e. The minimum atomic E-state index is -0.233. The molecule has 4 nitrogen and oxygen atoms in total. The number of nitrogens with one attached hydrogen (secondary N) is 1.